The van der Waals surface area contributed by atoms with Gasteiger partial charge in [0.05, 0.1) is 0 Å². The number of rotatable bonds is 66. The van der Waals surface area contributed by atoms with Gasteiger partial charge in [-0.1, -0.05) is 335 Å². The molecule has 1 aromatic heterocycles. The van der Waals surface area contributed by atoms with Gasteiger partial charge in [0.1, 0.15) is 0 Å². The summed E-state index contributed by atoms with van der Waals surface area (Å²) >= 11 is 12.6. The number of hydrogen-bond acceptors (Lipinski definition) is 11. The summed E-state index contributed by atoms with van der Waals surface area (Å²) in [7, 11) is 0. The highest BCUT2D eigenvalue weighted by Crippen LogP contribution is 2.45. The molecule has 0 bridgehead atoms. The van der Waals surface area contributed by atoms with Gasteiger partial charge in [0.15, 0.2) is 5.82 Å². The Morgan fingerprint density at radius 2 is 0.500 bits per heavy atom. The lowest BCUT2D eigenvalue weighted by atomic mass is 10.1. The molecule has 4 rings (SSSR count). The van der Waals surface area contributed by atoms with Crippen LogP contribution in [0.1, 0.15) is 355 Å². The molecule has 2 N–H and O–H groups in total. The van der Waals surface area contributed by atoms with E-state index in [2.05, 4.69) is 178 Å². The molecule has 94 heavy (non-hydrogen) atoms. The number of aromatic nitrogens is 3. The van der Waals surface area contributed by atoms with E-state index in [-0.39, 0.29) is 0 Å². The molecule has 0 aliphatic rings. The number of benzene rings is 3. The minimum absolute atomic E-state index is 0.581. The first-order chi connectivity index (χ1) is 46.5. The van der Waals surface area contributed by atoms with Crippen molar-refractivity contribution < 1.29 is 0 Å². The largest absolute Gasteiger partial charge is 0.324 e. The van der Waals surface area contributed by atoms with E-state index in [1.807, 2.05) is 0 Å². The third-order valence-electron chi connectivity index (χ3n) is 18.2. The lowest BCUT2D eigenvalue weighted by Gasteiger charge is -2.19. The average Bonchev–Trinajstić information content (AvgIpc) is 0.846. The van der Waals surface area contributed by atoms with E-state index in [9.17, 15) is 0 Å². The van der Waals surface area contributed by atoms with Gasteiger partial charge in [-0.3, -0.25) is 0 Å². The fourth-order valence-electron chi connectivity index (χ4n) is 12.2. The van der Waals surface area contributed by atoms with Crippen molar-refractivity contribution >= 4 is 93.8 Å². The summed E-state index contributed by atoms with van der Waals surface area (Å²) in [5, 5.41) is 7.77. The normalized spacial score (nSPS) is 11.6. The summed E-state index contributed by atoms with van der Waals surface area (Å²) in [4.78, 5) is 24.6. The summed E-state index contributed by atoms with van der Waals surface area (Å²) in [6.45, 7) is 18.1. The zero-order valence-electron chi connectivity index (χ0n) is 61.5. The minimum Gasteiger partial charge on any atom is -0.324 e. The van der Waals surface area contributed by atoms with Gasteiger partial charge in [-0.2, -0.15) is 15.0 Å². The molecule has 0 saturated heterocycles. The summed E-state index contributed by atoms with van der Waals surface area (Å²) in [6, 6.07) is 18.5. The standard InChI is InChI=1S/C83H140N5S6/c1-8-15-21-27-33-39-45-51-61-89-75-67-73(68-76(90-62-52-46-40-34-28-22-16-9-2)79(75)93-65-55-49-43-37-31-25-19-12-5)84-82-86-81(72-59-57-71(14-7)58-60-72)87-83(88-82)85-74-69-77(91-63-53-47-41-35-29-23-17-10-3)80(94-66-56-50-44-38-32-26-20-13-6)78(70-74)92-64-54-48-42-36-30-24-18-11-4/h57-60,67-70H,7-56,61-66H2,1-6H3,(H2,84,85,86,87,88). The van der Waals surface area contributed by atoms with Crippen molar-refractivity contribution in [2.45, 2.75) is 386 Å². The van der Waals surface area contributed by atoms with E-state index in [1.54, 1.807) is 0 Å². The molecule has 0 saturated carbocycles. The van der Waals surface area contributed by atoms with Crippen LogP contribution in [-0.4, -0.2) is 49.5 Å². The minimum atomic E-state index is 0.581. The Bertz CT molecular complexity index is 2180. The van der Waals surface area contributed by atoms with Crippen LogP contribution >= 0.6 is 70.6 Å². The van der Waals surface area contributed by atoms with E-state index in [0.29, 0.717) is 17.7 Å². The fourth-order valence-corrected chi connectivity index (χ4v) is 19.7. The second-order valence-corrected chi connectivity index (χ2v) is 33.8. The van der Waals surface area contributed by atoms with E-state index in [0.717, 1.165) is 46.4 Å². The fraction of sp³-hybridized carbons (Fsp3) is 0.735. The number of unbranched alkanes of at least 4 members (excludes halogenated alkanes) is 42. The lowest BCUT2D eigenvalue weighted by molar-refractivity contribution is 0.586. The summed E-state index contributed by atoms with van der Waals surface area (Å²) in [5.41, 5.74) is 4.33. The van der Waals surface area contributed by atoms with Gasteiger partial charge >= 0.3 is 0 Å². The monoisotopic (exact) mass is 1400 g/mol. The molecule has 533 valence electrons. The molecule has 5 nitrogen and oxygen atoms in total. The van der Waals surface area contributed by atoms with Gasteiger partial charge in [0.25, 0.3) is 0 Å². The highest BCUT2D eigenvalue weighted by atomic mass is 32.2. The van der Waals surface area contributed by atoms with E-state index >= 15 is 0 Å². The van der Waals surface area contributed by atoms with Crippen molar-refractivity contribution in [1.29, 1.82) is 0 Å². The highest BCUT2D eigenvalue weighted by Gasteiger charge is 2.19. The van der Waals surface area contributed by atoms with Gasteiger partial charge in [0.2, 0.25) is 11.9 Å². The van der Waals surface area contributed by atoms with E-state index in [4.69, 9.17) is 15.0 Å². The third kappa shape index (κ3) is 41.2. The van der Waals surface area contributed by atoms with Gasteiger partial charge in [-0.15, -0.1) is 70.6 Å². The number of anilines is 4. The van der Waals surface area contributed by atoms with Crippen LogP contribution in [0.5, 0.6) is 0 Å². The van der Waals surface area contributed by atoms with Crippen LogP contribution in [-0.2, 0) is 6.42 Å². The Kier molecular flexibility index (Phi) is 54.3. The maximum Gasteiger partial charge on any atom is 0.232 e. The second-order valence-electron chi connectivity index (χ2n) is 27.0. The molecule has 11 heteroatoms. The maximum absolute atomic E-state index is 5.35. The predicted octanol–water partition coefficient (Wildman–Crippen LogP) is 30.8. The van der Waals surface area contributed by atoms with Crippen LogP contribution in [0.25, 0.3) is 11.4 Å². The van der Waals surface area contributed by atoms with Crippen LogP contribution in [0, 0.1) is 6.92 Å². The molecule has 1 heterocycles. The van der Waals surface area contributed by atoms with Crippen LogP contribution in [0.3, 0.4) is 0 Å². The Hall–Kier alpha value is -1.63. The van der Waals surface area contributed by atoms with Gasteiger partial charge < -0.3 is 10.6 Å². The summed E-state index contributed by atoms with van der Waals surface area (Å²) in [5.74, 6) is 8.78. The lowest BCUT2D eigenvalue weighted by Crippen LogP contribution is -2.06. The average molecular weight is 1400 g/mol. The van der Waals surface area contributed by atoms with E-state index in [1.165, 1.54) is 355 Å². The van der Waals surface area contributed by atoms with Gasteiger partial charge in [-0.25, -0.2) is 0 Å². The summed E-state index contributed by atoms with van der Waals surface area (Å²) < 4.78 is 0. The number of thioether (sulfide) groups is 6. The first-order valence-electron chi connectivity index (χ1n) is 39.8. The Morgan fingerprint density at radius 3 is 0.734 bits per heavy atom. The van der Waals surface area contributed by atoms with Crippen molar-refractivity contribution in [2.24, 2.45) is 0 Å². The molecule has 0 aliphatic heterocycles. The zero-order valence-corrected chi connectivity index (χ0v) is 66.4. The first kappa shape index (κ1) is 84.8. The van der Waals surface area contributed by atoms with E-state index < -0.39 is 0 Å². The quantitative estimate of drug-likeness (QED) is 0.0328. The molecule has 1 radical (unpaired) electrons. The zero-order chi connectivity index (χ0) is 66.8. The number of nitrogens with one attached hydrogen (secondary N) is 2. The van der Waals surface area contributed by atoms with Crippen molar-refractivity contribution in [1.82, 2.24) is 15.0 Å². The second kappa shape index (κ2) is 60.2. The Labute approximate surface area is 607 Å². The molecule has 0 fully saturated rings. The van der Waals surface area contributed by atoms with Crippen molar-refractivity contribution in [3.8, 4) is 11.4 Å². The molecular formula is C83H140N5S6. The van der Waals surface area contributed by atoms with Crippen LogP contribution < -0.4 is 10.6 Å². The molecule has 0 unspecified atom stereocenters. The predicted molar refractivity (Wildman–Crippen MR) is 434 cm³/mol. The molecule has 0 spiro atoms. The van der Waals surface area contributed by atoms with Crippen LogP contribution in [0.15, 0.2) is 77.9 Å². The highest BCUT2D eigenvalue weighted by molar-refractivity contribution is 8.04. The van der Waals surface area contributed by atoms with Crippen LogP contribution in [0.4, 0.5) is 23.3 Å². The first-order valence-corrected chi connectivity index (χ1v) is 45.7. The Morgan fingerprint density at radius 1 is 0.277 bits per heavy atom. The topological polar surface area (TPSA) is 62.7 Å². The third-order valence-corrected chi connectivity index (χ3v) is 25.7. The summed E-state index contributed by atoms with van der Waals surface area (Å²) in [6.07, 6.45) is 65.4. The van der Waals surface area contributed by atoms with Gasteiger partial charge in [0, 0.05) is 46.3 Å². The van der Waals surface area contributed by atoms with Crippen molar-refractivity contribution in [3.05, 3.63) is 61.0 Å². The molecule has 0 amide bonds. The SMILES string of the molecule is [CH2]Cc1ccc(-c2nc(Nc3cc(SCCCCCCCCCC)c(SCCCCCCCCCC)c(SCCCCCCCCCC)c3)nc(Nc3cc(SCCCCCCCCCC)c(SCCCCCCCCCC)c(SCCCCCCCCCC)c3)n2)cc1. The molecule has 0 atom stereocenters. The Balaban J connectivity index is 1.76. The molecule has 3 aromatic carbocycles. The van der Waals surface area contributed by atoms with Crippen molar-refractivity contribution in [3.63, 3.8) is 0 Å². The van der Waals surface area contributed by atoms with Crippen molar-refractivity contribution in [2.75, 3.05) is 45.2 Å². The molecular weight excluding hydrogens is 1260 g/mol. The molecule has 4 aromatic rings. The van der Waals surface area contributed by atoms with Gasteiger partial charge in [-0.05, 0) is 116 Å². The smallest absolute Gasteiger partial charge is 0.232 e. The van der Waals surface area contributed by atoms with Crippen LogP contribution in [0.2, 0.25) is 0 Å². The maximum atomic E-state index is 5.35. The number of hydrogen-bond donors (Lipinski definition) is 2. The molecule has 0 aliphatic carbocycles. The number of nitrogens with zero attached hydrogens (tertiary/aromatic N) is 3.